The number of nitrogens with one attached hydrogen (secondary N) is 1. The highest BCUT2D eigenvalue weighted by Gasteiger charge is 2.23. The molecule has 1 amide bonds. The monoisotopic (exact) mass is 462 g/mol. The van der Waals surface area contributed by atoms with Crippen molar-refractivity contribution in [2.24, 2.45) is 0 Å². The summed E-state index contributed by atoms with van der Waals surface area (Å²) in [4.78, 5) is 37.8. The van der Waals surface area contributed by atoms with E-state index in [4.69, 9.17) is 10.8 Å². The number of esters is 1. The molecule has 10 nitrogen and oxygen atoms in total. The molecule has 0 fully saturated rings. The number of carbonyl (C=O) groups is 2. The van der Waals surface area contributed by atoms with E-state index in [-0.39, 0.29) is 25.2 Å². The largest absolute Gasteiger partial charge is 0.457 e. The molecule has 0 bridgehead atoms. The Kier molecular flexibility index (Phi) is 6.79. The molecule has 0 saturated carbocycles. The van der Waals surface area contributed by atoms with Crippen molar-refractivity contribution in [3.63, 3.8) is 0 Å². The van der Waals surface area contributed by atoms with Crippen LogP contribution >= 0.6 is 0 Å². The zero-order valence-corrected chi connectivity index (χ0v) is 18.1. The molecule has 0 aliphatic rings. The first-order chi connectivity index (χ1) is 17.1. The second-order valence-electron chi connectivity index (χ2n) is 7.23. The fourth-order valence-corrected chi connectivity index (χ4v) is 3.18. The number of aliphatic hydroxyl groups is 1. The molecule has 0 spiro atoms. The van der Waals surface area contributed by atoms with Crippen LogP contribution < -0.4 is 5.32 Å². The van der Waals surface area contributed by atoms with Crippen LogP contribution in [-0.2, 0) is 9.47 Å². The van der Waals surface area contributed by atoms with Gasteiger partial charge in [-0.15, -0.1) is 0 Å². The highest BCUT2D eigenvalue weighted by molar-refractivity contribution is 6.06. The molecule has 0 aliphatic heterocycles. The molecule has 4 rings (SSSR count). The molecule has 0 saturated heterocycles. The van der Waals surface area contributed by atoms with Gasteiger partial charge >= 0.3 is 5.97 Å². The van der Waals surface area contributed by atoms with Crippen LogP contribution in [0.3, 0.4) is 0 Å². The van der Waals surface area contributed by atoms with E-state index in [1.807, 2.05) is 6.07 Å². The number of amides is 1. The summed E-state index contributed by atoms with van der Waals surface area (Å²) in [6.45, 7) is -0.836. The van der Waals surface area contributed by atoms with Crippen LogP contribution in [0.5, 0.6) is 0 Å². The molecule has 2 aromatic heterocycles. The molecule has 2 aromatic carbocycles. The van der Waals surface area contributed by atoms with Gasteiger partial charge in [-0.25, -0.2) is 19.7 Å². The van der Waals surface area contributed by atoms with E-state index < -0.39 is 24.9 Å². The fourth-order valence-electron chi connectivity index (χ4n) is 3.18. The lowest BCUT2D eigenvalue weighted by atomic mass is 10.2. The number of hydrogen-bond acceptors (Lipinski definition) is 8. The van der Waals surface area contributed by atoms with Gasteiger partial charge < -0.3 is 19.9 Å². The first kappa shape index (κ1) is 21.7. The Hall–Kier alpha value is -4.15. The third-order valence-corrected chi connectivity index (χ3v) is 4.86. The Bertz CT molecular complexity index is 1280. The van der Waals surface area contributed by atoms with E-state index >= 15 is 0 Å². The normalized spacial score (nSPS) is 13.1. The third-order valence-electron chi connectivity index (χ3n) is 4.86. The van der Waals surface area contributed by atoms with Crippen molar-refractivity contribution in [3.05, 3.63) is 84.4 Å². The number of aliphatic hydroxyl groups excluding tert-OH is 1. The molecular weight excluding hydrogens is 438 g/mol. The maximum atomic E-state index is 12.6. The Balaban J connectivity index is 1.60. The summed E-state index contributed by atoms with van der Waals surface area (Å²) in [5, 5.41) is 12.3. The first-order valence-corrected chi connectivity index (χ1v) is 10.4. The summed E-state index contributed by atoms with van der Waals surface area (Å²) < 4.78 is 20.4. The van der Waals surface area contributed by atoms with Gasteiger partial charge in [-0.1, -0.05) is 36.4 Å². The van der Waals surface area contributed by atoms with Crippen LogP contribution in [-0.4, -0.2) is 55.8 Å². The number of carbonyl (C=O) groups excluding carboxylic acids is 2. The quantitative estimate of drug-likeness (QED) is 0.363. The maximum absolute atomic E-state index is 12.6. The van der Waals surface area contributed by atoms with Crippen molar-refractivity contribution in [1.82, 2.24) is 19.5 Å². The van der Waals surface area contributed by atoms with E-state index in [1.165, 1.54) is 17.2 Å². The number of nitrogens with zero attached hydrogens (tertiary/aromatic N) is 4. The minimum Gasteiger partial charge on any atom is -0.457 e. The predicted molar refractivity (Wildman–Crippen MR) is 123 cm³/mol. The van der Waals surface area contributed by atoms with E-state index in [9.17, 15) is 14.7 Å². The summed E-state index contributed by atoms with van der Waals surface area (Å²) in [5.41, 5.74) is 1.43. The van der Waals surface area contributed by atoms with Crippen LogP contribution in [0.25, 0.3) is 11.2 Å². The zero-order valence-electron chi connectivity index (χ0n) is 19.1. The average molecular weight is 462 g/mol. The minimum atomic E-state index is -0.942. The van der Waals surface area contributed by atoms with Crippen LogP contribution in [0.15, 0.2) is 73.3 Å². The van der Waals surface area contributed by atoms with Gasteiger partial charge in [-0.3, -0.25) is 9.36 Å². The number of benzene rings is 2. The number of fused-ring (bicyclic) bond motifs is 1. The molecule has 4 aromatic rings. The minimum absolute atomic E-state index is 0.196. The number of aromatic nitrogens is 4. The van der Waals surface area contributed by atoms with Gasteiger partial charge in [0.05, 0.1) is 24.6 Å². The van der Waals surface area contributed by atoms with Gasteiger partial charge in [0.2, 0.25) is 0 Å². The number of hydrogen-bond donors (Lipinski definition) is 2. The van der Waals surface area contributed by atoms with Gasteiger partial charge in [0.1, 0.15) is 12.9 Å². The summed E-state index contributed by atoms with van der Waals surface area (Å²) in [5.74, 6) is -0.721. The van der Waals surface area contributed by atoms with Crippen molar-refractivity contribution in [3.8, 4) is 0 Å². The molecule has 2 atom stereocenters. The van der Waals surface area contributed by atoms with Crippen molar-refractivity contribution in [2.75, 3.05) is 18.5 Å². The highest BCUT2D eigenvalue weighted by atomic mass is 16.6. The second-order valence-corrected chi connectivity index (χ2v) is 7.23. The number of imidazole rings is 1. The number of ether oxygens (including phenoxy) is 2. The van der Waals surface area contributed by atoms with Crippen LogP contribution in [0, 0.1) is 0 Å². The lowest BCUT2D eigenvalue weighted by molar-refractivity contribution is -0.0910. The van der Waals surface area contributed by atoms with E-state index in [2.05, 4.69) is 20.3 Å². The molecule has 2 N–H and O–H groups in total. The first-order valence-electron chi connectivity index (χ1n) is 11.1. The smallest absolute Gasteiger partial charge is 0.338 e. The average Bonchev–Trinajstić information content (AvgIpc) is 3.35. The van der Waals surface area contributed by atoms with Crippen LogP contribution in [0.2, 0.25) is 0 Å². The standard InChI is InChI=1S/C24H23N5O5/c1-16(12-30)34-19(13-33-24(32)18-10-6-3-7-11-18)29-15-27-20-21(25-14-26-22(20)29)28-23(31)17-8-4-2-5-9-17/h2-11,14-16,19,30H,12-13H2,1H3,(H,25,26,28,31)/t16-,19-/m1/s1/i1D. The molecule has 2 heterocycles. The van der Waals surface area contributed by atoms with Gasteiger partial charge in [-0.05, 0) is 31.2 Å². The van der Waals surface area contributed by atoms with E-state index in [1.54, 1.807) is 54.6 Å². The van der Waals surface area contributed by atoms with Crippen molar-refractivity contribution >= 4 is 28.9 Å². The lowest BCUT2D eigenvalue weighted by Crippen LogP contribution is -2.26. The maximum Gasteiger partial charge on any atom is 0.338 e. The lowest BCUT2D eigenvalue weighted by Gasteiger charge is -2.22. The summed E-state index contributed by atoms with van der Waals surface area (Å²) in [6.07, 6.45) is 0.911. The summed E-state index contributed by atoms with van der Waals surface area (Å²) in [7, 11) is 0. The molecule has 0 aliphatic carbocycles. The number of rotatable bonds is 9. The van der Waals surface area contributed by atoms with Crippen LogP contribution in [0.4, 0.5) is 5.82 Å². The van der Waals surface area contributed by atoms with Gasteiger partial charge in [-0.2, -0.15) is 0 Å². The predicted octanol–water partition coefficient (Wildman–Crippen LogP) is 2.83. The second kappa shape index (κ2) is 10.6. The molecule has 0 radical (unpaired) electrons. The zero-order chi connectivity index (χ0) is 24.6. The summed E-state index contributed by atoms with van der Waals surface area (Å²) >= 11 is 0. The molecule has 174 valence electrons. The third kappa shape index (κ3) is 5.25. The van der Waals surface area contributed by atoms with Crippen molar-refractivity contribution in [1.29, 1.82) is 0 Å². The highest BCUT2D eigenvalue weighted by Crippen LogP contribution is 2.23. The Morgan fingerprint density at radius 3 is 2.44 bits per heavy atom. The SMILES string of the molecule is [2H]C[C@H](CO)O[C@H](COC(=O)c1ccccc1)n1cnc2c(NC(=O)c3ccccc3)ncnc21. The molecule has 10 heteroatoms. The molecular formula is C24H23N5O5. The topological polar surface area (TPSA) is 128 Å². The Morgan fingerprint density at radius 1 is 1.06 bits per heavy atom. The molecule has 34 heavy (non-hydrogen) atoms. The van der Waals surface area contributed by atoms with Gasteiger partial charge in [0.15, 0.2) is 23.2 Å². The summed E-state index contributed by atoms with van der Waals surface area (Å²) in [6, 6.07) is 17.1. The Labute approximate surface area is 196 Å². The fraction of sp³-hybridized carbons (Fsp3) is 0.208. The number of anilines is 1. The van der Waals surface area contributed by atoms with Gasteiger partial charge in [0, 0.05) is 6.93 Å². The Morgan fingerprint density at radius 2 is 1.76 bits per heavy atom. The van der Waals surface area contributed by atoms with Crippen LogP contribution in [0.1, 0.15) is 35.2 Å². The van der Waals surface area contributed by atoms with Crippen molar-refractivity contribution < 1.29 is 25.5 Å². The van der Waals surface area contributed by atoms with Crippen molar-refractivity contribution in [2.45, 2.75) is 19.2 Å². The van der Waals surface area contributed by atoms with E-state index in [0.717, 1.165) is 0 Å². The molecule has 0 unspecified atom stereocenters. The van der Waals surface area contributed by atoms with E-state index in [0.29, 0.717) is 22.3 Å². The van der Waals surface area contributed by atoms with Gasteiger partial charge in [0.25, 0.3) is 5.91 Å².